The van der Waals surface area contributed by atoms with Gasteiger partial charge in [-0.2, -0.15) is 5.10 Å². The highest BCUT2D eigenvalue weighted by atomic mass is 16.1. The molecule has 0 bridgehead atoms. The number of hydrogen-bond donors (Lipinski definition) is 2. The van der Waals surface area contributed by atoms with Crippen molar-refractivity contribution in [2.75, 3.05) is 6.54 Å². The fourth-order valence-corrected chi connectivity index (χ4v) is 2.16. The molecule has 1 aromatic carbocycles. The largest absolute Gasteiger partial charge is 0.352 e. The van der Waals surface area contributed by atoms with Gasteiger partial charge in [0.05, 0.1) is 17.5 Å². The summed E-state index contributed by atoms with van der Waals surface area (Å²) in [6.07, 6.45) is 5.86. The topological polar surface area (TPSA) is 70.7 Å². The Morgan fingerprint density at radius 2 is 1.95 bits per heavy atom. The number of rotatable bonds is 5. The molecule has 0 spiro atoms. The minimum absolute atomic E-state index is 0.109. The van der Waals surface area contributed by atoms with Gasteiger partial charge in [-0.3, -0.25) is 14.9 Å². The van der Waals surface area contributed by atoms with Crippen molar-refractivity contribution >= 4 is 5.91 Å². The highest BCUT2D eigenvalue weighted by Crippen LogP contribution is 2.14. The fourth-order valence-electron chi connectivity index (χ4n) is 2.16. The van der Waals surface area contributed by atoms with Crippen LogP contribution in [0.1, 0.15) is 15.9 Å². The molecular weight excluding hydrogens is 276 g/mol. The first kappa shape index (κ1) is 14.0. The maximum Gasteiger partial charge on any atom is 0.252 e. The molecule has 1 amide bonds. The molecule has 0 saturated heterocycles. The van der Waals surface area contributed by atoms with Crippen LogP contribution in [0.25, 0.3) is 11.3 Å². The number of aromatic nitrogens is 3. The third-order valence-electron chi connectivity index (χ3n) is 3.36. The van der Waals surface area contributed by atoms with Crippen molar-refractivity contribution in [1.82, 2.24) is 20.5 Å². The number of H-pyrrole nitrogens is 1. The third-order valence-corrected chi connectivity index (χ3v) is 3.36. The van der Waals surface area contributed by atoms with Crippen LogP contribution in [0.15, 0.2) is 61.1 Å². The maximum atomic E-state index is 12.1. The summed E-state index contributed by atoms with van der Waals surface area (Å²) in [5.74, 6) is -0.109. The molecule has 0 aliphatic heterocycles. The monoisotopic (exact) mass is 292 g/mol. The van der Waals surface area contributed by atoms with Gasteiger partial charge in [0.1, 0.15) is 0 Å². The molecule has 5 heteroatoms. The normalized spacial score (nSPS) is 10.4. The van der Waals surface area contributed by atoms with Crippen LogP contribution in [0, 0.1) is 0 Å². The van der Waals surface area contributed by atoms with Crippen molar-refractivity contribution in [3.8, 4) is 11.3 Å². The van der Waals surface area contributed by atoms with Crippen LogP contribution in [-0.2, 0) is 6.42 Å². The number of pyridine rings is 1. The van der Waals surface area contributed by atoms with Gasteiger partial charge in [0.2, 0.25) is 0 Å². The smallest absolute Gasteiger partial charge is 0.252 e. The van der Waals surface area contributed by atoms with E-state index < -0.39 is 0 Å². The van der Waals surface area contributed by atoms with Crippen molar-refractivity contribution < 1.29 is 4.79 Å². The van der Waals surface area contributed by atoms with Gasteiger partial charge in [-0.05, 0) is 24.1 Å². The summed E-state index contributed by atoms with van der Waals surface area (Å²) in [5, 5.41) is 9.53. The van der Waals surface area contributed by atoms with Crippen LogP contribution < -0.4 is 5.32 Å². The Labute approximate surface area is 128 Å². The van der Waals surface area contributed by atoms with Crippen LogP contribution in [-0.4, -0.2) is 27.6 Å². The van der Waals surface area contributed by atoms with Crippen molar-refractivity contribution in [1.29, 1.82) is 0 Å². The first-order valence-electron chi connectivity index (χ1n) is 7.10. The number of aromatic amines is 1. The van der Waals surface area contributed by atoms with Crippen molar-refractivity contribution in [2.45, 2.75) is 6.42 Å². The molecule has 0 aliphatic carbocycles. The van der Waals surface area contributed by atoms with Gasteiger partial charge in [0.15, 0.2) is 0 Å². The molecule has 22 heavy (non-hydrogen) atoms. The van der Waals surface area contributed by atoms with Gasteiger partial charge in [-0.15, -0.1) is 0 Å². The number of carbonyl (C=O) groups excluding carboxylic acids is 1. The average molecular weight is 292 g/mol. The van der Waals surface area contributed by atoms with E-state index in [0.717, 1.165) is 17.7 Å². The summed E-state index contributed by atoms with van der Waals surface area (Å²) < 4.78 is 0. The summed E-state index contributed by atoms with van der Waals surface area (Å²) in [7, 11) is 0. The van der Waals surface area contributed by atoms with E-state index in [4.69, 9.17) is 0 Å². The SMILES string of the molecule is O=C(NCCc1ccccc1)c1ccc(-c2cn[nH]c2)nc1. The Bertz CT molecular complexity index is 721. The first-order valence-corrected chi connectivity index (χ1v) is 7.10. The predicted octanol–water partition coefficient (Wildman–Crippen LogP) is 2.44. The van der Waals surface area contributed by atoms with Crippen molar-refractivity contribution in [3.63, 3.8) is 0 Å². The van der Waals surface area contributed by atoms with E-state index in [2.05, 4.69) is 20.5 Å². The molecule has 0 radical (unpaired) electrons. The van der Waals surface area contributed by atoms with Crippen LogP contribution in [0.5, 0.6) is 0 Å². The Kier molecular flexibility index (Phi) is 4.25. The maximum absolute atomic E-state index is 12.1. The molecule has 0 atom stereocenters. The predicted molar refractivity (Wildman–Crippen MR) is 84.3 cm³/mol. The number of carbonyl (C=O) groups is 1. The molecule has 0 fully saturated rings. The molecule has 110 valence electrons. The fraction of sp³-hybridized carbons (Fsp3) is 0.118. The Morgan fingerprint density at radius 1 is 1.09 bits per heavy atom. The summed E-state index contributed by atoms with van der Waals surface area (Å²) in [5.41, 5.74) is 3.45. The molecule has 2 aromatic heterocycles. The number of nitrogens with one attached hydrogen (secondary N) is 2. The van der Waals surface area contributed by atoms with E-state index in [9.17, 15) is 4.79 Å². The summed E-state index contributed by atoms with van der Waals surface area (Å²) in [6, 6.07) is 13.7. The zero-order chi connectivity index (χ0) is 15.2. The summed E-state index contributed by atoms with van der Waals surface area (Å²) in [6.45, 7) is 0.604. The second-order valence-corrected chi connectivity index (χ2v) is 4.91. The number of nitrogens with zero attached hydrogens (tertiary/aromatic N) is 2. The molecule has 2 N–H and O–H groups in total. The lowest BCUT2D eigenvalue weighted by Gasteiger charge is -2.05. The highest BCUT2D eigenvalue weighted by molar-refractivity contribution is 5.94. The van der Waals surface area contributed by atoms with E-state index >= 15 is 0 Å². The lowest BCUT2D eigenvalue weighted by Crippen LogP contribution is -2.25. The van der Waals surface area contributed by atoms with Gasteiger partial charge in [-0.1, -0.05) is 30.3 Å². The highest BCUT2D eigenvalue weighted by Gasteiger charge is 2.07. The van der Waals surface area contributed by atoms with Gasteiger partial charge in [0, 0.05) is 24.5 Å². The zero-order valence-corrected chi connectivity index (χ0v) is 12.0. The molecule has 3 rings (SSSR count). The van der Waals surface area contributed by atoms with Crippen LogP contribution in [0.4, 0.5) is 0 Å². The quantitative estimate of drug-likeness (QED) is 0.759. The van der Waals surface area contributed by atoms with Crippen molar-refractivity contribution in [2.24, 2.45) is 0 Å². The lowest BCUT2D eigenvalue weighted by atomic mass is 10.1. The molecule has 2 heterocycles. The Balaban J connectivity index is 1.56. The number of amides is 1. The minimum Gasteiger partial charge on any atom is -0.352 e. The molecule has 5 nitrogen and oxygen atoms in total. The van der Waals surface area contributed by atoms with E-state index in [1.807, 2.05) is 36.4 Å². The number of benzene rings is 1. The zero-order valence-electron chi connectivity index (χ0n) is 12.0. The van der Waals surface area contributed by atoms with E-state index in [0.29, 0.717) is 12.1 Å². The van der Waals surface area contributed by atoms with E-state index in [-0.39, 0.29) is 5.91 Å². The standard InChI is InChI=1S/C17H16N4O/c22-17(18-9-8-13-4-2-1-3-5-13)14-6-7-16(19-10-14)15-11-20-21-12-15/h1-7,10-12H,8-9H2,(H,18,22)(H,20,21). The molecule has 0 aliphatic rings. The molecule has 0 unspecified atom stereocenters. The van der Waals surface area contributed by atoms with E-state index in [1.54, 1.807) is 24.7 Å². The molecular formula is C17H16N4O. The second-order valence-electron chi connectivity index (χ2n) is 4.91. The molecule has 3 aromatic rings. The Morgan fingerprint density at radius 3 is 2.64 bits per heavy atom. The van der Waals surface area contributed by atoms with Crippen LogP contribution >= 0.6 is 0 Å². The Hall–Kier alpha value is -2.95. The van der Waals surface area contributed by atoms with Gasteiger partial charge < -0.3 is 5.32 Å². The number of hydrogen-bond acceptors (Lipinski definition) is 3. The summed E-state index contributed by atoms with van der Waals surface area (Å²) in [4.78, 5) is 16.4. The minimum atomic E-state index is -0.109. The molecule has 0 saturated carbocycles. The van der Waals surface area contributed by atoms with Crippen LogP contribution in [0.2, 0.25) is 0 Å². The van der Waals surface area contributed by atoms with Crippen molar-refractivity contribution in [3.05, 3.63) is 72.2 Å². The second kappa shape index (κ2) is 6.67. The average Bonchev–Trinajstić information content (AvgIpc) is 3.10. The summed E-state index contributed by atoms with van der Waals surface area (Å²) >= 11 is 0. The first-order chi connectivity index (χ1) is 10.8. The third kappa shape index (κ3) is 3.38. The van der Waals surface area contributed by atoms with E-state index in [1.165, 1.54) is 5.56 Å². The van der Waals surface area contributed by atoms with Crippen LogP contribution in [0.3, 0.4) is 0 Å². The van der Waals surface area contributed by atoms with Gasteiger partial charge >= 0.3 is 0 Å². The lowest BCUT2D eigenvalue weighted by molar-refractivity contribution is 0.0954. The van der Waals surface area contributed by atoms with Gasteiger partial charge in [-0.25, -0.2) is 0 Å². The van der Waals surface area contributed by atoms with Gasteiger partial charge in [0.25, 0.3) is 5.91 Å².